The van der Waals surface area contributed by atoms with Gasteiger partial charge in [0.25, 0.3) is 0 Å². The van der Waals surface area contributed by atoms with Gasteiger partial charge in [0, 0.05) is 5.02 Å². The molecule has 0 saturated heterocycles. The Labute approximate surface area is 103 Å². The van der Waals surface area contributed by atoms with Crippen molar-refractivity contribution in [2.24, 2.45) is 5.92 Å². The number of hydrogen-bond donors (Lipinski definition) is 1. The van der Waals surface area contributed by atoms with Gasteiger partial charge in [-0.05, 0) is 30.0 Å². The quantitative estimate of drug-likeness (QED) is 0.771. The first-order chi connectivity index (χ1) is 7.69. The molecule has 0 aromatic heterocycles. The molecule has 0 bridgehead atoms. The third kappa shape index (κ3) is 3.80. The Bertz CT molecular complexity index is 294. The number of hydrogen-bond acceptors (Lipinski definition) is 1. The van der Waals surface area contributed by atoms with Gasteiger partial charge in [-0.15, -0.1) is 0 Å². The highest BCUT2D eigenvalue weighted by Crippen LogP contribution is 2.29. The van der Waals surface area contributed by atoms with Crippen LogP contribution in [-0.2, 0) is 0 Å². The summed E-state index contributed by atoms with van der Waals surface area (Å²) in [4.78, 5) is 0. The maximum absolute atomic E-state index is 10.3. The second-order valence-electron chi connectivity index (χ2n) is 4.31. The van der Waals surface area contributed by atoms with Crippen LogP contribution in [0.15, 0.2) is 24.3 Å². The second-order valence-corrected chi connectivity index (χ2v) is 4.74. The zero-order valence-electron chi connectivity index (χ0n) is 10.1. The van der Waals surface area contributed by atoms with Gasteiger partial charge in [-0.25, -0.2) is 0 Å². The van der Waals surface area contributed by atoms with Crippen LogP contribution in [0.5, 0.6) is 0 Å². The molecule has 1 aromatic rings. The predicted molar refractivity (Wildman–Crippen MR) is 69.7 cm³/mol. The lowest BCUT2D eigenvalue weighted by Crippen LogP contribution is -2.11. The molecule has 0 aliphatic rings. The molecule has 0 aliphatic carbocycles. The molecule has 1 rings (SSSR count). The molecule has 0 amide bonds. The highest BCUT2D eigenvalue weighted by molar-refractivity contribution is 6.30. The normalized spacial score (nSPS) is 14.8. The van der Waals surface area contributed by atoms with Crippen molar-refractivity contribution in [3.8, 4) is 0 Å². The van der Waals surface area contributed by atoms with Crippen LogP contribution < -0.4 is 0 Å². The average molecular weight is 241 g/mol. The standard InChI is InChI=1S/C14H21ClO/c1-3-5-6-11(4-2)14(16)12-7-9-13(15)10-8-12/h7-11,14,16H,3-6H2,1-2H3. The van der Waals surface area contributed by atoms with Crippen LogP contribution >= 0.6 is 11.6 Å². The van der Waals surface area contributed by atoms with E-state index in [1.807, 2.05) is 24.3 Å². The fraction of sp³-hybridized carbons (Fsp3) is 0.571. The van der Waals surface area contributed by atoms with Gasteiger partial charge < -0.3 is 5.11 Å². The van der Waals surface area contributed by atoms with Crippen molar-refractivity contribution in [2.75, 3.05) is 0 Å². The lowest BCUT2D eigenvalue weighted by atomic mass is 9.89. The monoisotopic (exact) mass is 240 g/mol. The Kier molecular flexibility index (Phi) is 5.86. The van der Waals surface area contributed by atoms with Gasteiger partial charge in [-0.1, -0.05) is 56.8 Å². The summed E-state index contributed by atoms with van der Waals surface area (Å²) in [5, 5.41) is 11.0. The first-order valence-corrected chi connectivity index (χ1v) is 6.50. The molecule has 1 nitrogen and oxygen atoms in total. The fourth-order valence-corrected chi connectivity index (χ4v) is 2.11. The summed E-state index contributed by atoms with van der Waals surface area (Å²) in [5.41, 5.74) is 0.979. The summed E-state index contributed by atoms with van der Waals surface area (Å²) < 4.78 is 0. The van der Waals surface area contributed by atoms with Crippen molar-refractivity contribution >= 4 is 11.6 Å². The molecule has 2 atom stereocenters. The van der Waals surface area contributed by atoms with E-state index in [1.165, 1.54) is 12.8 Å². The Morgan fingerprint density at radius 3 is 2.31 bits per heavy atom. The number of halogens is 1. The molecule has 0 aliphatic heterocycles. The van der Waals surface area contributed by atoms with E-state index in [2.05, 4.69) is 13.8 Å². The lowest BCUT2D eigenvalue weighted by Gasteiger charge is -2.21. The maximum Gasteiger partial charge on any atom is 0.0818 e. The molecular weight excluding hydrogens is 220 g/mol. The Morgan fingerprint density at radius 2 is 1.81 bits per heavy atom. The van der Waals surface area contributed by atoms with E-state index in [1.54, 1.807) is 0 Å². The SMILES string of the molecule is CCCCC(CC)C(O)c1ccc(Cl)cc1. The molecule has 2 unspecified atom stereocenters. The van der Waals surface area contributed by atoms with Crippen LogP contribution in [0.25, 0.3) is 0 Å². The smallest absolute Gasteiger partial charge is 0.0818 e. The first-order valence-electron chi connectivity index (χ1n) is 6.12. The van der Waals surface area contributed by atoms with Crippen LogP contribution in [0.4, 0.5) is 0 Å². The van der Waals surface area contributed by atoms with Crippen molar-refractivity contribution in [3.05, 3.63) is 34.9 Å². The molecule has 1 aromatic carbocycles. The van der Waals surface area contributed by atoms with E-state index in [0.717, 1.165) is 23.4 Å². The van der Waals surface area contributed by atoms with Crippen LogP contribution in [0.1, 0.15) is 51.2 Å². The molecule has 16 heavy (non-hydrogen) atoms. The van der Waals surface area contributed by atoms with E-state index in [0.29, 0.717) is 5.92 Å². The molecule has 1 N–H and O–H groups in total. The Balaban J connectivity index is 2.66. The third-order valence-electron chi connectivity index (χ3n) is 3.11. The number of rotatable bonds is 6. The molecule has 0 fully saturated rings. The summed E-state index contributed by atoms with van der Waals surface area (Å²) in [6.45, 7) is 4.32. The van der Waals surface area contributed by atoms with Gasteiger partial charge >= 0.3 is 0 Å². The zero-order chi connectivity index (χ0) is 12.0. The van der Waals surface area contributed by atoms with Crippen molar-refractivity contribution < 1.29 is 5.11 Å². The molecule has 2 heteroatoms. The predicted octanol–water partition coefficient (Wildman–Crippen LogP) is 4.59. The first kappa shape index (κ1) is 13.5. The third-order valence-corrected chi connectivity index (χ3v) is 3.36. The molecular formula is C14H21ClO. The van der Waals surface area contributed by atoms with E-state index in [4.69, 9.17) is 11.6 Å². The highest BCUT2D eigenvalue weighted by Gasteiger charge is 2.18. The zero-order valence-corrected chi connectivity index (χ0v) is 10.9. The second kappa shape index (κ2) is 6.93. The van der Waals surface area contributed by atoms with Crippen LogP contribution in [0.2, 0.25) is 5.02 Å². The van der Waals surface area contributed by atoms with Crippen LogP contribution in [-0.4, -0.2) is 5.11 Å². The summed E-state index contributed by atoms with van der Waals surface area (Å²) in [5.74, 6) is 0.362. The largest absolute Gasteiger partial charge is 0.388 e. The van der Waals surface area contributed by atoms with Crippen molar-refractivity contribution in [3.63, 3.8) is 0 Å². The van der Waals surface area contributed by atoms with Gasteiger partial charge in [-0.3, -0.25) is 0 Å². The Morgan fingerprint density at radius 1 is 1.19 bits per heavy atom. The molecule has 0 heterocycles. The van der Waals surface area contributed by atoms with E-state index < -0.39 is 0 Å². The average Bonchev–Trinajstić information content (AvgIpc) is 2.30. The summed E-state index contributed by atoms with van der Waals surface area (Å²) >= 11 is 5.83. The summed E-state index contributed by atoms with van der Waals surface area (Å²) in [6, 6.07) is 7.52. The minimum Gasteiger partial charge on any atom is -0.388 e. The maximum atomic E-state index is 10.3. The number of aliphatic hydroxyl groups is 1. The van der Waals surface area contributed by atoms with Crippen LogP contribution in [0, 0.1) is 5.92 Å². The number of benzene rings is 1. The van der Waals surface area contributed by atoms with Crippen molar-refractivity contribution in [1.82, 2.24) is 0 Å². The topological polar surface area (TPSA) is 20.2 Å². The summed E-state index contributed by atoms with van der Waals surface area (Å²) in [6.07, 6.45) is 4.13. The minimum atomic E-state index is -0.353. The van der Waals surface area contributed by atoms with E-state index >= 15 is 0 Å². The fourth-order valence-electron chi connectivity index (χ4n) is 1.98. The van der Waals surface area contributed by atoms with Crippen molar-refractivity contribution in [1.29, 1.82) is 0 Å². The van der Waals surface area contributed by atoms with E-state index in [-0.39, 0.29) is 6.10 Å². The van der Waals surface area contributed by atoms with Crippen molar-refractivity contribution in [2.45, 2.75) is 45.6 Å². The lowest BCUT2D eigenvalue weighted by molar-refractivity contribution is 0.0989. The van der Waals surface area contributed by atoms with E-state index in [9.17, 15) is 5.11 Å². The summed E-state index contributed by atoms with van der Waals surface area (Å²) in [7, 11) is 0. The molecule has 0 radical (unpaired) electrons. The Hall–Kier alpha value is -0.530. The van der Waals surface area contributed by atoms with Gasteiger partial charge in [0.15, 0.2) is 0 Å². The number of aliphatic hydroxyl groups excluding tert-OH is 1. The highest BCUT2D eigenvalue weighted by atomic mass is 35.5. The van der Waals surface area contributed by atoms with Gasteiger partial charge in [0.05, 0.1) is 6.10 Å². The van der Waals surface area contributed by atoms with Gasteiger partial charge in [0.1, 0.15) is 0 Å². The molecule has 0 spiro atoms. The van der Waals surface area contributed by atoms with Gasteiger partial charge in [-0.2, -0.15) is 0 Å². The molecule has 90 valence electrons. The van der Waals surface area contributed by atoms with Gasteiger partial charge in [0.2, 0.25) is 0 Å². The molecule has 0 saturated carbocycles. The number of unbranched alkanes of at least 4 members (excludes halogenated alkanes) is 1. The minimum absolute atomic E-state index is 0.353. The van der Waals surface area contributed by atoms with Crippen LogP contribution in [0.3, 0.4) is 0 Å².